The van der Waals surface area contributed by atoms with Crippen molar-refractivity contribution in [2.24, 2.45) is 0 Å². The van der Waals surface area contributed by atoms with Crippen LogP contribution in [0.25, 0.3) is 55.0 Å². The zero-order chi connectivity index (χ0) is 38.3. The first-order valence-electron chi connectivity index (χ1n) is 19.5. The third-order valence-electron chi connectivity index (χ3n) is 11.1. The first kappa shape index (κ1) is 34.2. The fourth-order valence-corrected chi connectivity index (χ4v) is 8.37. The van der Waals surface area contributed by atoms with Gasteiger partial charge in [0.15, 0.2) is 5.58 Å². The molecule has 10 rings (SSSR count). The van der Waals surface area contributed by atoms with Crippen LogP contribution >= 0.6 is 0 Å². The number of nitrogens with zero attached hydrogens (tertiary/aromatic N) is 2. The molecule has 272 valence electrons. The Morgan fingerprint density at radius 2 is 0.772 bits per heavy atom. The van der Waals surface area contributed by atoms with E-state index in [2.05, 4.69) is 230 Å². The van der Waals surface area contributed by atoms with Crippen molar-refractivity contribution in [3.63, 3.8) is 0 Å². The number of benzene rings is 9. The summed E-state index contributed by atoms with van der Waals surface area (Å²) >= 11 is 0. The average Bonchev–Trinajstić information content (AvgIpc) is 3.66. The highest BCUT2D eigenvalue weighted by Crippen LogP contribution is 2.54. The van der Waals surface area contributed by atoms with Gasteiger partial charge >= 0.3 is 0 Å². The smallest absolute Gasteiger partial charge is 0.162 e. The molecule has 9 aromatic carbocycles. The highest BCUT2D eigenvalue weighted by molar-refractivity contribution is 6.28. The highest BCUT2D eigenvalue weighted by atomic mass is 16.3. The number of rotatable bonds is 8. The second kappa shape index (κ2) is 14.4. The van der Waals surface area contributed by atoms with Gasteiger partial charge in [0, 0.05) is 38.9 Å². The Morgan fingerprint density at radius 1 is 0.351 bits per heavy atom. The van der Waals surface area contributed by atoms with E-state index in [4.69, 9.17) is 4.42 Å². The van der Waals surface area contributed by atoms with Crippen LogP contribution in [0.1, 0.15) is 11.1 Å². The van der Waals surface area contributed by atoms with E-state index in [0.29, 0.717) is 0 Å². The van der Waals surface area contributed by atoms with Crippen molar-refractivity contribution in [3.8, 4) is 22.3 Å². The van der Waals surface area contributed by atoms with E-state index in [1.165, 1.54) is 22.3 Å². The Kier molecular flexibility index (Phi) is 8.61. The van der Waals surface area contributed by atoms with Crippen LogP contribution in [0, 0.1) is 13.8 Å². The van der Waals surface area contributed by atoms with E-state index >= 15 is 0 Å². The van der Waals surface area contributed by atoms with Gasteiger partial charge in [0.05, 0.1) is 16.8 Å². The van der Waals surface area contributed by atoms with E-state index in [9.17, 15) is 0 Å². The van der Waals surface area contributed by atoms with E-state index in [1.807, 2.05) is 0 Å². The second-order valence-electron chi connectivity index (χ2n) is 14.6. The lowest BCUT2D eigenvalue weighted by Crippen LogP contribution is -2.15. The summed E-state index contributed by atoms with van der Waals surface area (Å²) in [5.41, 5.74) is 15.1. The molecule has 0 saturated heterocycles. The molecule has 0 unspecified atom stereocenters. The van der Waals surface area contributed by atoms with Crippen LogP contribution in [0.2, 0.25) is 0 Å². The van der Waals surface area contributed by atoms with Crippen LogP contribution in [0.5, 0.6) is 0 Å². The quantitative estimate of drug-likeness (QED) is 0.145. The van der Waals surface area contributed by atoms with Crippen LogP contribution in [0.3, 0.4) is 0 Å². The normalized spacial score (nSPS) is 11.3. The zero-order valence-electron chi connectivity index (χ0n) is 31.9. The van der Waals surface area contributed by atoms with Gasteiger partial charge in [-0.25, -0.2) is 0 Å². The molecule has 0 aliphatic heterocycles. The Bertz CT molecular complexity index is 3060. The van der Waals surface area contributed by atoms with E-state index < -0.39 is 0 Å². The van der Waals surface area contributed by atoms with Gasteiger partial charge < -0.3 is 14.2 Å². The van der Waals surface area contributed by atoms with Crippen LogP contribution in [-0.4, -0.2) is 0 Å². The lowest BCUT2D eigenvalue weighted by atomic mass is 9.96. The van der Waals surface area contributed by atoms with Crippen molar-refractivity contribution in [1.29, 1.82) is 0 Å². The molecule has 0 saturated carbocycles. The maximum absolute atomic E-state index is 7.19. The molecule has 0 aliphatic carbocycles. The van der Waals surface area contributed by atoms with E-state index in [1.54, 1.807) is 0 Å². The van der Waals surface area contributed by atoms with Crippen molar-refractivity contribution >= 4 is 66.8 Å². The summed E-state index contributed by atoms with van der Waals surface area (Å²) in [6.45, 7) is 4.39. The third kappa shape index (κ3) is 6.01. The SMILES string of the molecule is Cc1ccccc1N(c1cccc(-c2ccccc2)c1)c1c2ccccc2c(N(c2cccc(-c3ccccc3)c2)c2ccccc2C)c2c1oc1ccccc12. The van der Waals surface area contributed by atoms with Gasteiger partial charge in [-0.05, 0) is 89.7 Å². The first-order chi connectivity index (χ1) is 28.1. The lowest BCUT2D eigenvalue weighted by Gasteiger charge is -2.32. The van der Waals surface area contributed by atoms with Gasteiger partial charge in [0.1, 0.15) is 5.58 Å². The van der Waals surface area contributed by atoms with Crippen LogP contribution in [0.4, 0.5) is 34.1 Å². The molecular weight excluding hydrogens is 693 g/mol. The number of hydrogen-bond donors (Lipinski definition) is 0. The molecule has 0 N–H and O–H groups in total. The summed E-state index contributed by atoms with van der Waals surface area (Å²) in [5, 5.41) is 4.34. The Hall–Kier alpha value is -7.36. The largest absolute Gasteiger partial charge is 0.454 e. The number of fused-ring (bicyclic) bond motifs is 4. The van der Waals surface area contributed by atoms with Crippen molar-refractivity contribution in [1.82, 2.24) is 0 Å². The number of anilines is 6. The third-order valence-corrected chi connectivity index (χ3v) is 11.1. The molecule has 3 heteroatoms. The maximum Gasteiger partial charge on any atom is 0.162 e. The molecule has 10 aromatic rings. The highest BCUT2D eigenvalue weighted by Gasteiger charge is 2.30. The summed E-state index contributed by atoms with van der Waals surface area (Å²) in [5.74, 6) is 0. The van der Waals surface area contributed by atoms with Gasteiger partial charge in [0.2, 0.25) is 0 Å². The second-order valence-corrected chi connectivity index (χ2v) is 14.6. The Balaban J connectivity index is 1.34. The lowest BCUT2D eigenvalue weighted by molar-refractivity contribution is 0.669. The molecule has 0 radical (unpaired) electrons. The van der Waals surface area contributed by atoms with Crippen LogP contribution < -0.4 is 9.80 Å². The zero-order valence-corrected chi connectivity index (χ0v) is 31.9. The van der Waals surface area contributed by atoms with Gasteiger partial charge in [-0.2, -0.15) is 0 Å². The van der Waals surface area contributed by atoms with Gasteiger partial charge in [-0.1, -0.05) is 164 Å². The molecule has 57 heavy (non-hydrogen) atoms. The molecule has 0 spiro atoms. The standard InChI is InChI=1S/C54H40N2O/c1-37-19-9-14-32-48(37)55(43-27-17-25-41(35-43)39-21-5-3-6-22-39)52-45-29-11-12-30-46(45)53(54-51(52)47-31-13-16-34-50(47)57-54)56(49-33-15-10-20-38(49)2)44-28-18-26-42(36-44)40-23-7-4-8-24-40/h3-36H,1-2H3. The minimum absolute atomic E-state index is 0.830. The van der Waals surface area contributed by atoms with E-state index in [0.717, 1.165) is 78.0 Å². The molecular formula is C54H40N2O. The number of para-hydroxylation sites is 3. The Labute approximate surface area is 333 Å². The van der Waals surface area contributed by atoms with Crippen molar-refractivity contribution in [2.45, 2.75) is 13.8 Å². The summed E-state index contributed by atoms with van der Waals surface area (Å²) in [7, 11) is 0. The maximum atomic E-state index is 7.19. The van der Waals surface area contributed by atoms with Crippen molar-refractivity contribution in [2.75, 3.05) is 9.80 Å². The predicted molar refractivity (Wildman–Crippen MR) is 241 cm³/mol. The molecule has 1 heterocycles. The van der Waals surface area contributed by atoms with Gasteiger partial charge in [-0.3, -0.25) is 0 Å². The first-order valence-corrected chi connectivity index (χ1v) is 19.5. The minimum Gasteiger partial charge on any atom is -0.454 e. The molecule has 0 atom stereocenters. The summed E-state index contributed by atoms with van der Waals surface area (Å²) < 4.78 is 7.19. The molecule has 0 fully saturated rings. The predicted octanol–water partition coefficient (Wildman–Crippen LogP) is 15.6. The summed E-state index contributed by atoms with van der Waals surface area (Å²) in [6.07, 6.45) is 0. The fraction of sp³-hybridized carbons (Fsp3) is 0.0370. The monoisotopic (exact) mass is 732 g/mol. The number of aryl methyl sites for hydroxylation is 2. The van der Waals surface area contributed by atoms with Crippen molar-refractivity contribution < 1.29 is 4.42 Å². The molecule has 0 amide bonds. The average molecular weight is 733 g/mol. The molecule has 3 nitrogen and oxygen atoms in total. The summed E-state index contributed by atoms with van der Waals surface area (Å²) in [6, 6.07) is 73.6. The number of hydrogen-bond acceptors (Lipinski definition) is 3. The van der Waals surface area contributed by atoms with E-state index in [-0.39, 0.29) is 0 Å². The molecule has 0 aliphatic rings. The molecule has 0 bridgehead atoms. The van der Waals surface area contributed by atoms with Gasteiger partial charge in [-0.15, -0.1) is 0 Å². The topological polar surface area (TPSA) is 19.6 Å². The van der Waals surface area contributed by atoms with Crippen LogP contribution in [-0.2, 0) is 0 Å². The van der Waals surface area contributed by atoms with Crippen LogP contribution in [0.15, 0.2) is 211 Å². The minimum atomic E-state index is 0.830. The Morgan fingerprint density at radius 3 is 1.32 bits per heavy atom. The van der Waals surface area contributed by atoms with Crippen molar-refractivity contribution in [3.05, 3.63) is 217 Å². The van der Waals surface area contributed by atoms with Gasteiger partial charge in [0.25, 0.3) is 0 Å². The summed E-state index contributed by atoms with van der Waals surface area (Å²) in [4.78, 5) is 4.86. The number of furan rings is 1. The molecule has 1 aromatic heterocycles. The fourth-order valence-electron chi connectivity index (χ4n) is 8.37.